The van der Waals surface area contributed by atoms with Crippen LogP contribution in [0.1, 0.15) is 106 Å². The number of Topliss-reactive ketones (excluding diaryl/α,β-unsaturated/α-hetero) is 1. The Kier molecular flexibility index (Phi) is 5.15. The summed E-state index contributed by atoms with van der Waals surface area (Å²) in [7, 11) is 0. The Morgan fingerprint density at radius 3 is 2.22 bits per heavy atom. The first kappa shape index (κ1) is 23.6. The van der Waals surface area contributed by atoms with Crippen LogP contribution in [-0.2, 0) is 4.79 Å². The van der Waals surface area contributed by atoms with Crippen molar-refractivity contribution in [1.82, 2.24) is 0 Å². The molecular weight excluding hydrogens is 456 g/mol. The number of rotatable bonds is 1. The van der Waals surface area contributed by atoms with Gasteiger partial charge in [0.05, 0.1) is 4.83 Å². The van der Waals surface area contributed by atoms with Gasteiger partial charge in [0.1, 0.15) is 0 Å². The van der Waals surface area contributed by atoms with Crippen LogP contribution in [0.25, 0.3) is 0 Å². The van der Waals surface area contributed by atoms with Gasteiger partial charge in [0.15, 0.2) is 5.78 Å². The second-order valence-corrected chi connectivity index (χ2v) is 15.7. The van der Waals surface area contributed by atoms with Gasteiger partial charge >= 0.3 is 0 Å². The van der Waals surface area contributed by atoms with Crippen LogP contribution in [0.5, 0.6) is 0 Å². The highest BCUT2D eigenvalue weighted by atomic mass is 79.9. The number of hydrogen-bond acceptors (Lipinski definition) is 1. The van der Waals surface area contributed by atoms with Gasteiger partial charge in [-0.3, -0.25) is 4.79 Å². The number of ketones is 1. The van der Waals surface area contributed by atoms with Crippen molar-refractivity contribution in [1.29, 1.82) is 0 Å². The molecule has 0 amide bonds. The summed E-state index contributed by atoms with van der Waals surface area (Å²) in [6, 6.07) is 0. The molecule has 0 aliphatic heterocycles. The van der Waals surface area contributed by atoms with E-state index in [1.165, 1.54) is 56.9 Å². The van der Waals surface area contributed by atoms with Gasteiger partial charge in [0.25, 0.3) is 0 Å². The molecule has 5 aliphatic carbocycles. The van der Waals surface area contributed by atoms with Crippen LogP contribution in [0.2, 0.25) is 0 Å². The average Bonchev–Trinajstić information content (AvgIpc) is 3.05. The lowest BCUT2D eigenvalue weighted by Gasteiger charge is -2.72. The van der Waals surface area contributed by atoms with Crippen LogP contribution in [0.4, 0.5) is 0 Å². The maximum atomic E-state index is 13.2. The van der Waals surface area contributed by atoms with Gasteiger partial charge in [0, 0.05) is 5.41 Å². The minimum Gasteiger partial charge on any atom is -0.298 e. The highest BCUT2D eigenvalue weighted by Gasteiger charge is 2.70. The van der Waals surface area contributed by atoms with Crippen molar-refractivity contribution < 1.29 is 4.79 Å². The van der Waals surface area contributed by atoms with Crippen molar-refractivity contribution in [2.24, 2.45) is 56.7 Å². The predicted octanol–water partition coefficient (Wildman–Crippen LogP) is 8.61. The van der Waals surface area contributed by atoms with Crippen LogP contribution in [0.15, 0.2) is 12.2 Å². The number of carbonyl (C=O) groups excluding carboxylic acids is 1. The summed E-state index contributed by atoms with van der Waals surface area (Å²) in [5.41, 5.74) is 2.82. The molecule has 0 bridgehead atoms. The molecule has 0 radical (unpaired) electrons. The standard InChI is InChI=1S/C30H47BrO/c1-18(2)19-11-13-27(5)15-16-29(7)20(24(19)27)9-10-23-28(6)17-21(31)25(32)26(3,4)22(28)12-14-30(23,29)8/h19-24H,1,9-17H2,2-8H3/t19-,20+,21?,22-,23+,24+,27+,28-,29+,30+/m0/s1. The predicted molar refractivity (Wildman–Crippen MR) is 138 cm³/mol. The lowest BCUT2D eigenvalue weighted by molar-refractivity contribution is -0.231. The number of halogens is 1. The van der Waals surface area contributed by atoms with Gasteiger partial charge in [-0.05, 0) is 116 Å². The van der Waals surface area contributed by atoms with Gasteiger partial charge < -0.3 is 0 Å². The van der Waals surface area contributed by atoms with Crippen molar-refractivity contribution in [3.63, 3.8) is 0 Å². The quantitative estimate of drug-likeness (QED) is 0.259. The molecule has 0 aromatic rings. The van der Waals surface area contributed by atoms with Gasteiger partial charge in [-0.15, -0.1) is 0 Å². The molecule has 0 spiro atoms. The SMILES string of the molecule is C=C(C)[C@@H]1CC[C@]2(C)CC[C@]3(C)[C@H](CC[C@@H]4[C@@]5(C)CC(Br)C(=O)C(C)(C)[C@@H]5CC[C@]43C)[C@@H]12. The molecule has 32 heavy (non-hydrogen) atoms. The molecule has 0 N–H and O–H groups in total. The fourth-order valence-corrected chi connectivity index (χ4v) is 12.7. The van der Waals surface area contributed by atoms with Gasteiger partial charge in [-0.2, -0.15) is 0 Å². The Morgan fingerprint density at radius 1 is 0.875 bits per heavy atom. The third-order valence-electron chi connectivity index (χ3n) is 13.2. The fraction of sp³-hybridized carbons (Fsp3) is 0.900. The summed E-state index contributed by atoms with van der Waals surface area (Å²) in [4.78, 5) is 13.2. The van der Waals surface area contributed by atoms with E-state index in [9.17, 15) is 4.79 Å². The number of fused-ring (bicyclic) bond motifs is 7. The third kappa shape index (κ3) is 2.71. The molecule has 0 aromatic carbocycles. The third-order valence-corrected chi connectivity index (χ3v) is 13.9. The van der Waals surface area contributed by atoms with Crippen molar-refractivity contribution in [3.05, 3.63) is 12.2 Å². The number of carbonyl (C=O) groups is 1. The molecule has 0 heterocycles. The first-order chi connectivity index (χ1) is 14.7. The highest BCUT2D eigenvalue weighted by Crippen LogP contribution is 2.77. The van der Waals surface area contributed by atoms with E-state index < -0.39 is 0 Å². The molecule has 0 aromatic heterocycles. The van der Waals surface area contributed by atoms with Crippen molar-refractivity contribution in [2.45, 2.75) is 111 Å². The molecule has 1 nitrogen and oxygen atoms in total. The molecule has 5 saturated carbocycles. The molecule has 1 unspecified atom stereocenters. The number of alkyl halides is 1. The molecule has 2 heteroatoms. The van der Waals surface area contributed by atoms with E-state index in [-0.39, 0.29) is 15.7 Å². The molecule has 0 saturated heterocycles. The van der Waals surface area contributed by atoms with Crippen molar-refractivity contribution >= 4 is 21.7 Å². The largest absolute Gasteiger partial charge is 0.298 e. The second kappa shape index (κ2) is 6.98. The zero-order valence-corrected chi connectivity index (χ0v) is 23.4. The van der Waals surface area contributed by atoms with E-state index >= 15 is 0 Å². The zero-order valence-electron chi connectivity index (χ0n) is 21.8. The van der Waals surface area contributed by atoms with E-state index in [1.54, 1.807) is 0 Å². The molecular formula is C30H47BrO. The highest BCUT2D eigenvalue weighted by molar-refractivity contribution is 9.10. The normalized spacial score (nSPS) is 56.6. The zero-order chi connectivity index (χ0) is 23.5. The Bertz CT molecular complexity index is 844. The van der Waals surface area contributed by atoms with Crippen LogP contribution < -0.4 is 0 Å². The average molecular weight is 504 g/mol. The number of allylic oxidation sites excluding steroid dienone is 1. The van der Waals surface area contributed by atoms with Crippen LogP contribution in [0.3, 0.4) is 0 Å². The van der Waals surface area contributed by atoms with Crippen molar-refractivity contribution in [3.8, 4) is 0 Å². The summed E-state index contributed by atoms with van der Waals surface area (Å²) in [6.45, 7) is 21.9. The smallest absolute Gasteiger partial charge is 0.152 e. The van der Waals surface area contributed by atoms with E-state index in [4.69, 9.17) is 0 Å². The lowest BCUT2D eigenvalue weighted by atomic mass is 9.32. The summed E-state index contributed by atoms with van der Waals surface area (Å²) in [6.07, 6.45) is 11.9. The van der Waals surface area contributed by atoms with E-state index in [0.29, 0.717) is 27.9 Å². The molecule has 5 aliphatic rings. The van der Waals surface area contributed by atoms with Crippen LogP contribution in [0, 0.1) is 56.7 Å². The molecule has 5 fully saturated rings. The van der Waals surface area contributed by atoms with E-state index in [2.05, 4.69) is 71.0 Å². The Labute approximate surface area is 206 Å². The van der Waals surface area contributed by atoms with Gasteiger partial charge in [-0.1, -0.05) is 69.6 Å². The topological polar surface area (TPSA) is 17.1 Å². The fourth-order valence-electron chi connectivity index (χ4n) is 11.4. The van der Waals surface area contributed by atoms with E-state index in [0.717, 1.165) is 30.1 Å². The minimum atomic E-state index is -0.206. The summed E-state index contributed by atoms with van der Waals surface area (Å²) in [5, 5.41) is 0. The Balaban J connectivity index is 1.56. The molecule has 180 valence electrons. The minimum absolute atomic E-state index is 0.0314. The Hall–Kier alpha value is -0.110. The van der Waals surface area contributed by atoms with Gasteiger partial charge in [-0.25, -0.2) is 0 Å². The van der Waals surface area contributed by atoms with Crippen molar-refractivity contribution in [2.75, 3.05) is 0 Å². The molecule has 5 rings (SSSR count). The van der Waals surface area contributed by atoms with Gasteiger partial charge in [0.2, 0.25) is 0 Å². The second-order valence-electron chi connectivity index (χ2n) is 14.6. The van der Waals surface area contributed by atoms with Crippen LogP contribution >= 0.6 is 15.9 Å². The lowest BCUT2D eigenvalue weighted by Crippen LogP contribution is -2.67. The monoisotopic (exact) mass is 502 g/mol. The Morgan fingerprint density at radius 2 is 1.56 bits per heavy atom. The van der Waals surface area contributed by atoms with E-state index in [1.807, 2.05) is 0 Å². The summed E-state index contributed by atoms with van der Waals surface area (Å²) < 4.78 is 0. The first-order valence-corrected chi connectivity index (χ1v) is 14.5. The summed E-state index contributed by atoms with van der Waals surface area (Å²) >= 11 is 3.85. The first-order valence-electron chi connectivity index (χ1n) is 13.6. The summed E-state index contributed by atoms with van der Waals surface area (Å²) in [5.74, 6) is 4.11. The molecule has 10 atom stereocenters. The van der Waals surface area contributed by atoms with Crippen LogP contribution in [-0.4, -0.2) is 10.6 Å². The number of hydrogen-bond donors (Lipinski definition) is 0. The maximum absolute atomic E-state index is 13.2. The maximum Gasteiger partial charge on any atom is 0.152 e.